The first-order valence-electron chi connectivity index (χ1n) is 17.6. The minimum Gasteiger partial charge on any atom is -0.455 e. The molecule has 1 aromatic heterocycles. The molecule has 8 aromatic rings. The summed E-state index contributed by atoms with van der Waals surface area (Å²) in [4.78, 5) is 2.10. The predicted octanol–water partition coefficient (Wildman–Crippen LogP) is 11.5. The van der Waals surface area contributed by atoms with Gasteiger partial charge in [-0.25, -0.2) is 0 Å². The highest BCUT2D eigenvalue weighted by Crippen LogP contribution is 2.43. The third-order valence-corrected chi connectivity index (χ3v) is 7.44. The van der Waals surface area contributed by atoms with E-state index in [2.05, 4.69) is 4.90 Å². The first kappa shape index (κ1) is 17.3. The Labute approximate surface area is 255 Å². The topological polar surface area (TPSA) is 16.4 Å². The molecule has 0 fully saturated rings. The summed E-state index contributed by atoms with van der Waals surface area (Å²) in [7, 11) is 0. The van der Waals surface area contributed by atoms with Crippen LogP contribution in [0.4, 0.5) is 17.1 Å². The lowest BCUT2D eigenvalue weighted by molar-refractivity contribution is 0.673. The van der Waals surface area contributed by atoms with Crippen LogP contribution in [0, 0.1) is 0 Å². The van der Waals surface area contributed by atoms with Gasteiger partial charge in [-0.15, -0.1) is 0 Å². The third-order valence-electron chi connectivity index (χ3n) is 7.44. The van der Waals surface area contributed by atoms with Crippen LogP contribution in [0.15, 0.2) is 168 Å². The zero-order valence-electron chi connectivity index (χ0n) is 30.3. The summed E-state index contributed by atoms with van der Waals surface area (Å²) in [6.07, 6.45) is 0. The summed E-state index contributed by atoms with van der Waals surface area (Å²) >= 11 is 0. The summed E-state index contributed by atoms with van der Waals surface area (Å²) in [5.41, 5.74) is 4.45. The van der Waals surface area contributed by atoms with E-state index < -0.39 is 12.1 Å². The number of benzene rings is 7. The minimum absolute atomic E-state index is 0.0161. The van der Waals surface area contributed by atoms with Crippen LogP contribution >= 0.6 is 0 Å². The number of furan rings is 1. The standard InChI is InChI=1S/C40H27NO/c1-4-13-28(14-5-1)33-21-12-22-38-39(33)37-27-36(34-19-10-11-20-35(34)40(37)42-38)29-23-25-32(26-24-29)41(30-15-6-2-7-16-30)31-17-8-3-9-18-31/h1-27H/i10D,11D,12D,19D,20D,21D,22D,27D. The normalized spacial score (nSPS) is 14.0. The molecule has 1 heterocycles. The Morgan fingerprint density at radius 3 is 1.71 bits per heavy atom. The molecule has 198 valence electrons. The van der Waals surface area contributed by atoms with Gasteiger partial charge in [0.15, 0.2) is 0 Å². The largest absolute Gasteiger partial charge is 0.455 e. The zero-order chi connectivity index (χ0) is 34.8. The van der Waals surface area contributed by atoms with Gasteiger partial charge in [-0.1, -0.05) is 115 Å². The van der Waals surface area contributed by atoms with Gasteiger partial charge >= 0.3 is 0 Å². The maximum Gasteiger partial charge on any atom is 0.143 e. The lowest BCUT2D eigenvalue weighted by Gasteiger charge is -2.25. The SMILES string of the molecule is [2H]c1c([2H])c(-c2ccccc2)c2c(oc3c4c([2H])c([2H])c([2H])c([2H])c4c(-c4ccc(N(c5ccccc5)c5ccccc5)cc4)c([2H])c32)c1[2H]. The molecule has 8 rings (SSSR count). The lowest BCUT2D eigenvalue weighted by Crippen LogP contribution is -2.09. The van der Waals surface area contributed by atoms with Crippen LogP contribution < -0.4 is 4.90 Å². The van der Waals surface area contributed by atoms with Gasteiger partial charge in [0.1, 0.15) is 11.2 Å². The van der Waals surface area contributed by atoms with Crippen molar-refractivity contribution in [2.24, 2.45) is 0 Å². The van der Waals surface area contributed by atoms with Gasteiger partial charge in [0, 0.05) is 33.2 Å². The minimum atomic E-state index is -0.457. The highest BCUT2D eigenvalue weighted by atomic mass is 16.3. The highest BCUT2D eigenvalue weighted by molar-refractivity contribution is 6.22. The second kappa shape index (κ2) is 10.1. The third kappa shape index (κ3) is 4.05. The quantitative estimate of drug-likeness (QED) is 0.214. The Hall–Kier alpha value is -5.60. The highest BCUT2D eigenvalue weighted by Gasteiger charge is 2.18. The van der Waals surface area contributed by atoms with E-state index >= 15 is 0 Å². The molecule has 0 unspecified atom stereocenters. The second-order valence-electron chi connectivity index (χ2n) is 9.93. The van der Waals surface area contributed by atoms with Crippen molar-refractivity contribution in [1.82, 2.24) is 0 Å². The first-order chi connectivity index (χ1) is 24.2. The summed E-state index contributed by atoms with van der Waals surface area (Å²) in [5, 5.41) is 0.693. The Balaban J connectivity index is 1.48. The van der Waals surface area contributed by atoms with Crippen LogP contribution in [0.3, 0.4) is 0 Å². The van der Waals surface area contributed by atoms with Crippen molar-refractivity contribution >= 4 is 49.8 Å². The van der Waals surface area contributed by atoms with Gasteiger partial charge in [-0.2, -0.15) is 0 Å². The Morgan fingerprint density at radius 2 is 1.05 bits per heavy atom. The monoisotopic (exact) mass is 545 g/mol. The molecule has 0 aliphatic heterocycles. The van der Waals surface area contributed by atoms with E-state index in [0.29, 0.717) is 16.7 Å². The molecule has 42 heavy (non-hydrogen) atoms. The van der Waals surface area contributed by atoms with Gasteiger partial charge in [0.25, 0.3) is 0 Å². The fourth-order valence-electron chi connectivity index (χ4n) is 5.54. The number of nitrogens with zero attached hydrogens (tertiary/aromatic N) is 1. The summed E-state index contributed by atoms with van der Waals surface area (Å²) in [6.45, 7) is 0. The molecule has 0 amide bonds. The van der Waals surface area contributed by atoms with Crippen LogP contribution in [0.2, 0.25) is 0 Å². The molecule has 2 nitrogen and oxygen atoms in total. The first-order valence-corrected chi connectivity index (χ1v) is 13.6. The number of hydrogen-bond donors (Lipinski definition) is 0. The molecule has 0 atom stereocenters. The van der Waals surface area contributed by atoms with Crippen molar-refractivity contribution < 1.29 is 15.4 Å². The Morgan fingerprint density at radius 1 is 0.476 bits per heavy atom. The van der Waals surface area contributed by atoms with Crippen LogP contribution in [0.25, 0.3) is 55.0 Å². The van der Waals surface area contributed by atoms with Crippen LogP contribution in [-0.4, -0.2) is 0 Å². The molecule has 0 aliphatic rings. The summed E-state index contributed by atoms with van der Waals surface area (Å²) in [5.74, 6) is 0. The fraction of sp³-hybridized carbons (Fsp3) is 0. The number of fused-ring (bicyclic) bond motifs is 5. The van der Waals surface area contributed by atoms with Crippen molar-refractivity contribution in [3.63, 3.8) is 0 Å². The van der Waals surface area contributed by atoms with Crippen molar-refractivity contribution in [3.05, 3.63) is 164 Å². The maximum atomic E-state index is 9.72. The van der Waals surface area contributed by atoms with Crippen LogP contribution in [0.1, 0.15) is 11.0 Å². The number of para-hydroxylation sites is 2. The number of anilines is 3. The van der Waals surface area contributed by atoms with Crippen LogP contribution in [-0.2, 0) is 0 Å². The average molecular weight is 546 g/mol. The molecule has 0 bridgehead atoms. The maximum absolute atomic E-state index is 9.72. The van der Waals surface area contributed by atoms with Gasteiger partial charge in [-0.05, 0) is 76.1 Å². The lowest BCUT2D eigenvalue weighted by atomic mass is 9.93. The summed E-state index contributed by atoms with van der Waals surface area (Å²) < 4.78 is 77.4. The Bertz CT molecular complexity index is 2570. The molecular formula is C40H27NO. The molecule has 2 heteroatoms. The van der Waals surface area contributed by atoms with E-state index in [0.717, 1.165) is 17.1 Å². The van der Waals surface area contributed by atoms with E-state index in [1.54, 1.807) is 24.3 Å². The number of rotatable bonds is 5. The zero-order valence-corrected chi connectivity index (χ0v) is 22.3. The van der Waals surface area contributed by atoms with E-state index in [1.807, 2.05) is 91.0 Å². The van der Waals surface area contributed by atoms with Gasteiger partial charge < -0.3 is 9.32 Å². The van der Waals surface area contributed by atoms with Crippen molar-refractivity contribution in [1.29, 1.82) is 0 Å². The molecule has 0 radical (unpaired) electrons. The summed E-state index contributed by atoms with van der Waals surface area (Å²) in [6, 6.07) is 33.8. The van der Waals surface area contributed by atoms with E-state index in [1.165, 1.54) is 0 Å². The van der Waals surface area contributed by atoms with E-state index in [9.17, 15) is 1.37 Å². The van der Waals surface area contributed by atoms with E-state index in [4.69, 9.17) is 14.0 Å². The number of hydrogen-bond acceptors (Lipinski definition) is 2. The van der Waals surface area contributed by atoms with E-state index in [-0.39, 0.29) is 74.5 Å². The molecule has 0 saturated carbocycles. The molecule has 0 saturated heterocycles. The Kier molecular flexibility index (Phi) is 4.15. The molecule has 0 N–H and O–H groups in total. The van der Waals surface area contributed by atoms with Gasteiger partial charge in [-0.3, -0.25) is 0 Å². The van der Waals surface area contributed by atoms with Gasteiger partial charge in [0.2, 0.25) is 0 Å². The molecule has 0 spiro atoms. The molecule has 7 aromatic carbocycles. The van der Waals surface area contributed by atoms with Crippen molar-refractivity contribution in [2.75, 3.05) is 4.90 Å². The average Bonchev–Trinajstić information content (AvgIpc) is 3.54. The molecule has 0 aliphatic carbocycles. The second-order valence-corrected chi connectivity index (χ2v) is 9.93. The smallest absolute Gasteiger partial charge is 0.143 e. The van der Waals surface area contributed by atoms with Crippen molar-refractivity contribution in [3.8, 4) is 22.3 Å². The predicted molar refractivity (Wildman–Crippen MR) is 177 cm³/mol. The van der Waals surface area contributed by atoms with Gasteiger partial charge in [0.05, 0.1) is 11.0 Å². The van der Waals surface area contributed by atoms with Crippen molar-refractivity contribution in [2.45, 2.75) is 0 Å². The fourth-order valence-corrected chi connectivity index (χ4v) is 5.54. The molecular weight excluding hydrogens is 510 g/mol. The van der Waals surface area contributed by atoms with Crippen LogP contribution in [0.5, 0.6) is 0 Å².